The maximum Gasteiger partial charge on any atom is 0.0905 e. The summed E-state index contributed by atoms with van der Waals surface area (Å²) in [6.07, 6.45) is 5.75. The van der Waals surface area contributed by atoms with Crippen LogP contribution >= 0.6 is 0 Å². The first-order valence-corrected chi connectivity index (χ1v) is 6.71. The van der Waals surface area contributed by atoms with Crippen LogP contribution in [0.15, 0.2) is 0 Å². The lowest BCUT2D eigenvalue weighted by molar-refractivity contribution is -0.0807. The predicted octanol–water partition coefficient (Wildman–Crippen LogP) is 3.63. The fraction of sp³-hybridized carbons (Fsp3) is 1.00. The molecule has 0 spiro atoms. The van der Waals surface area contributed by atoms with Crippen LogP contribution in [-0.4, -0.2) is 24.4 Å². The Kier molecular flexibility index (Phi) is 8.04. The van der Waals surface area contributed by atoms with Gasteiger partial charge in [-0.3, -0.25) is 0 Å². The first kappa shape index (κ1) is 15.9. The highest BCUT2D eigenvalue weighted by molar-refractivity contribution is 4.84. The molecule has 0 aromatic carbocycles. The third kappa shape index (κ3) is 5.31. The number of ether oxygens (including phenoxy) is 1. The van der Waals surface area contributed by atoms with Crippen LogP contribution in [0.1, 0.15) is 59.8 Å². The molecule has 16 heavy (non-hydrogen) atoms. The minimum Gasteiger partial charge on any atom is -0.387 e. The lowest BCUT2D eigenvalue weighted by Crippen LogP contribution is -2.41. The highest BCUT2D eigenvalue weighted by atomic mass is 16.5. The van der Waals surface area contributed by atoms with Crippen LogP contribution < -0.4 is 0 Å². The highest BCUT2D eigenvalue weighted by Crippen LogP contribution is 2.30. The van der Waals surface area contributed by atoms with Crippen molar-refractivity contribution in [1.29, 1.82) is 0 Å². The lowest BCUT2D eigenvalue weighted by Gasteiger charge is -2.34. The first-order valence-electron chi connectivity index (χ1n) is 6.71. The van der Waals surface area contributed by atoms with Crippen LogP contribution in [0.5, 0.6) is 0 Å². The number of hydrogen-bond acceptors (Lipinski definition) is 2. The monoisotopic (exact) mass is 230 g/mol. The number of hydrogen-bond donors (Lipinski definition) is 1. The van der Waals surface area contributed by atoms with E-state index in [9.17, 15) is 5.11 Å². The van der Waals surface area contributed by atoms with Crippen molar-refractivity contribution in [2.24, 2.45) is 11.8 Å². The molecule has 2 atom stereocenters. The van der Waals surface area contributed by atoms with E-state index >= 15 is 0 Å². The molecule has 2 heteroatoms. The molecule has 0 aromatic heterocycles. The summed E-state index contributed by atoms with van der Waals surface area (Å²) in [5.41, 5.74) is -0.650. The summed E-state index contributed by atoms with van der Waals surface area (Å²) in [6.45, 7) is 9.04. The Balaban J connectivity index is 4.34. The molecule has 0 aliphatic heterocycles. The van der Waals surface area contributed by atoms with E-state index in [1.54, 1.807) is 7.11 Å². The van der Waals surface area contributed by atoms with E-state index in [1.165, 1.54) is 19.3 Å². The fourth-order valence-electron chi connectivity index (χ4n) is 2.15. The standard InChI is InChI=1S/C14H30O2/c1-6-8-9-13(7-2)10-14(15,11-16-5)12(3)4/h12-13,15H,6-11H2,1-5H3. The van der Waals surface area contributed by atoms with Gasteiger partial charge in [0.25, 0.3) is 0 Å². The summed E-state index contributed by atoms with van der Waals surface area (Å²) in [7, 11) is 1.67. The Morgan fingerprint density at radius 3 is 2.25 bits per heavy atom. The van der Waals surface area contributed by atoms with Gasteiger partial charge in [-0.05, 0) is 18.3 Å². The first-order chi connectivity index (χ1) is 7.50. The van der Waals surface area contributed by atoms with Gasteiger partial charge in [0.2, 0.25) is 0 Å². The topological polar surface area (TPSA) is 29.5 Å². The van der Waals surface area contributed by atoms with E-state index in [-0.39, 0.29) is 5.92 Å². The molecule has 0 aliphatic carbocycles. The van der Waals surface area contributed by atoms with Crippen molar-refractivity contribution in [3.05, 3.63) is 0 Å². The average Bonchev–Trinajstić information content (AvgIpc) is 2.24. The van der Waals surface area contributed by atoms with E-state index in [1.807, 2.05) is 0 Å². The van der Waals surface area contributed by atoms with Crippen molar-refractivity contribution in [3.63, 3.8) is 0 Å². The molecule has 0 saturated heterocycles. The zero-order valence-electron chi connectivity index (χ0n) is 11.8. The van der Waals surface area contributed by atoms with Crippen molar-refractivity contribution >= 4 is 0 Å². The van der Waals surface area contributed by atoms with E-state index in [2.05, 4.69) is 27.7 Å². The molecule has 0 aromatic rings. The second-order valence-electron chi connectivity index (χ2n) is 5.31. The Morgan fingerprint density at radius 1 is 1.25 bits per heavy atom. The molecule has 0 aliphatic rings. The molecular formula is C14H30O2. The minimum absolute atomic E-state index is 0.253. The highest BCUT2D eigenvalue weighted by Gasteiger charge is 2.33. The molecule has 1 N–H and O–H groups in total. The maximum atomic E-state index is 10.6. The second kappa shape index (κ2) is 8.08. The summed E-state index contributed by atoms with van der Waals surface area (Å²) in [6, 6.07) is 0. The molecule has 0 fully saturated rings. The van der Waals surface area contributed by atoms with Gasteiger partial charge >= 0.3 is 0 Å². The van der Waals surface area contributed by atoms with E-state index in [0.29, 0.717) is 12.5 Å². The van der Waals surface area contributed by atoms with Crippen molar-refractivity contribution < 1.29 is 9.84 Å². The maximum absolute atomic E-state index is 10.6. The van der Waals surface area contributed by atoms with Crippen LogP contribution in [-0.2, 0) is 4.74 Å². The van der Waals surface area contributed by atoms with Gasteiger partial charge in [-0.25, -0.2) is 0 Å². The zero-order chi connectivity index (χ0) is 12.6. The largest absolute Gasteiger partial charge is 0.387 e. The van der Waals surface area contributed by atoms with Crippen molar-refractivity contribution in [1.82, 2.24) is 0 Å². The molecule has 2 unspecified atom stereocenters. The van der Waals surface area contributed by atoms with Gasteiger partial charge in [0.15, 0.2) is 0 Å². The molecule has 98 valence electrons. The van der Waals surface area contributed by atoms with Crippen molar-refractivity contribution in [2.75, 3.05) is 13.7 Å². The minimum atomic E-state index is -0.650. The molecule has 0 bridgehead atoms. The molecule has 0 amide bonds. The molecule has 0 saturated carbocycles. The number of unbranched alkanes of at least 4 members (excludes halogenated alkanes) is 1. The van der Waals surface area contributed by atoms with Gasteiger partial charge in [-0.15, -0.1) is 0 Å². The normalized spacial score (nSPS) is 17.4. The summed E-state index contributed by atoms with van der Waals surface area (Å²) >= 11 is 0. The van der Waals surface area contributed by atoms with Crippen LogP contribution in [0, 0.1) is 11.8 Å². The van der Waals surface area contributed by atoms with Gasteiger partial charge in [0.05, 0.1) is 12.2 Å². The van der Waals surface area contributed by atoms with Crippen LogP contribution in [0.25, 0.3) is 0 Å². The van der Waals surface area contributed by atoms with Gasteiger partial charge in [0.1, 0.15) is 0 Å². The van der Waals surface area contributed by atoms with Crippen molar-refractivity contribution in [2.45, 2.75) is 65.4 Å². The van der Waals surface area contributed by atoms with Gasteiger partial charge < -0.3 is 9.84 Å². The second-order valence-corrected chi connectivity index (χ2v) is 5.31. The van der Waals surface area contributed by atoms with E-state index in [0.717, 1.165) is 12.8 Å². The van der Waals surface area contributed by atoms with Crippen LogP contribution in [0.3, 0.4) is 0 Å². The summed E-state index contributed by atoms with van der Waals surface area (Å²) in [5.74, 6) is 0.880. The lowest BCUT2D eigenvalue weighted by atomic mass is 9.80. The summed E-state index contributed by atoms with van der Waals surface area (Å²) < 4.78 is 5.17. The molecule has 2 nitrogen and oxygen atoms in total. The predicted molar refractivity (Wildman–Crippen MR) is 69.6 cm³/mol. The average molecular weight is 230 g/mol. The van der Waals surface area contributed by atoms with E-state index in [4.69, 9.17) is 4.74 Å². The number of rotatable bonds is 9. The Labute approximate surface area is 101 Å². The zero-order valence-corrected chi connectivity index (χ0v) is 11.8. The Hall–Kier alpha value is -0.0800. The SMILES string of the molecule is CCCCC(CC)CC(O)(COC)C(C)C. The van der Waals surface area contributed by atoms with Crippen LogP contribution in [0.4, 0.5) is 0 Å². The Morgan fingerprint density at radius 2 is 1.88 bits per heavy atom. The smallest absolute Gasteiger partial charge is 0.0905 e. The van der Waals surface area contributed by atoms with Gasteiger partial charge in [-0.2, -0.15) is 0 Å². The Bertz CT molecular complexity index is 168. The van der Waals surface area contributed by atoms with Gasteiger partial charge in [0, 0.05) is 7.11 Å². The molecular weight excluding hydrogens is 200 g/mol. The van der Waals surface area contributed by atoms with E-state index < -0.39 is 5.60 Å². The summed E-state index contributed by atoms with van der Waals surface area (Å²) in [4.78, 5) is 0. The van der Waals surface area contributed by atoms with Gasteiger partial charge in [-0.1, -0.05) is 53.4 Å². The molecule has 0 rings (SSSR count). The van der Waals surface area contributed by atoms with Crippen LogP contribution in [0.2, 0.25) is 0 Å². The fourth-order valence-corrected chi connectivity index (χ4v) is 2.15. The quantitative estimate of drug-likeness (QED) is 0.655. The number of aliphatic hydroxyl groups is 1. The molecule has 0 radical (unpaired) electrons. The summed E-state index contributed by atoms with van der Waals surface area (Å²) in [5, 5.41) is 10.6. The third-order valence-corrected chi connectivity index (χ3v) is 3.65. The molecule has 0 heterocycles. The third-order valence-electron chi connectivity index (χ3n) is 3.65. The van der Waals surface area contributed by atoms with Crippen molar-refractivity contribution in [3.8, 4) is 0 Å². The number of methoxy groups -OCH3 is 1.